The SMILES string of the molecule is CCN1c2ccccc2NC(=O)C1CC(=O)Nc1ccc(OC)cc1. The minimum Gasteiger partial charge on any atom is -0.497 e. The smallest absolute Gasteiger partial charge is 0.247 e. The summed E-state index contributed by atoms with van der Waals surface area (Å²) in [5, 5.41) is 5.71. The molecule has 130 valence electrons. The van der Waals surface area contributed by atoms with Crippen molar-refractivity contribution in [2.75, 3.05) is 29.2 Å². The fourth-order valence-corrected chi connectivity index (χ4v) is 3.01. The molecule has 2 amide bonds. The molecule has 0 aliphatic carbocycles. The number of para-hydroxylation sites is 2. The lowest BCUT2D eigenvalue weighted by molar-refractivity contribution is -0.122. The van der Waals surface area contributed by atoms with E-state index in [2.05, 4.69) is 10.6 Å². The van der Waals surface area contributed by atoms with Crippen molar-refractivity contribution in [2.45, 2.75) is 19.4 Å². The third kappa shape index (κ3) is 3.57. The molecule has 2 N–H and O–H groups in total. The number of methoxy groups -OCH3 is 1. The van der Waals surface area contributed by atoms with Crippen molar-refractivity contribution in [2.24, 2.45) is 0 Å². The molecule has 0 spiro atoms. The van der Waals surface area contributed by atoms with Crippen molar-refractivity contribution >= 4 is 28.9 Å². The van der Waals surface area contributed by atoms with E-state index in [0.29, 0.717) is 12.2 Å². The van der Waals surface area contributed by atoms with Crippen LogP contribution in [0.1, 0.15) is 13.3 Å². The summed E-state index contributed by atoms with van der Waals surface area (Å²) in [5.41, 5.74) is 2.39. The lowest BCUT2D eigenvalue weighted by atomic mass is 10.0. The van der Waals surface area contributed by atoms with Crippen LogP contribution < -0.4 is 20.3 Å². The number of carbonyl (C=O) groups is 2. The Morgan fingerprint density at radius 3 is 2.60 bits per heavy atom. The lowest BCUT2D eigenvalue weighted by Crippen LogP contribution is -2.49. The zero-order valence-corrected chi connectivity index (χ0v) is 14.3. The Labute approximate surface area is 146 Å². The summed E-state index contributed by atoms with van der Waals surface area (Å²) in [6, 6.07) is 14.2. The first-order valence-corrected chi connectivity index (χ1v) is 8.22. The van der Waals surface area contributed by atoms with Gasteiger partial charge in [-0.15, -0.1) is 0 Å². The van der Waals surface area contributed by atoms with Gasteiger partial charge in [-0.25, -0.2) is 0 Å². The van der Waals surface area contributed by atoms with Crippen molar-refractivity contribution in [1.29, 1.82) is 0 Å². The number of fused-ring (bicyclic) bond motifs is 1. The molecule has 2 aromatic rings. The largest absolute Gasteiger partial charge is 0.497 e. The van der Waals surface area contributed by atoms with Gasteiger partial charge in [0.05, 0.1) is 24.9 Å². The second-order valence-electron chi connectivity index (χ2n) is 5.79. The second-order valence-corrected chi connectivity index (χ2v) is 5.79. The molecular weight excluding hydrogens is 318 g/mol. The monoisotopic (exact) mass is 339 g/mol. The Morgan fingerprint density at radius 2 is 1.92 bits per heavy atom. The molecule has 3 rings (SSSR count). The Morgan fingerprint density at radius 1 is 1.20 bits per heavy atom. The summed E-state index contributed by atoms with van der Waals surface area (Å²) in [4.78, 5) is 26.8. The summed E-state index contributed by atoms with van der Waals surface area (Å²) in [6.07, 6.45) is 0.0834. The molecular formula is C19H21N3O3. The van der Waals surface area contributed by atoms with Gasteiger partial charge < -0.3 is 20.3 Å². The predicted octanol–water partition coefficient (Wildman–Crippen LogP) is 2.87. The number of benzene rings is 2. The van der Waals surface area contributed by atoms with E-state index in [0.717, 1.165) is 17.1 Å². The number of nitrogens with one attached hydrogen (secondary N) is 2. The molecule has 2 aromatic carbocycles. The van der Waals surface area contributed by atoms with Gasteiger partial charge in [0.25, 0.3) is 0 Å². The maximum absolute atomic E-state index is 12.4. The molecule has 1 aliphatic heterocycles. The third-order valence-electron chi connectivity index (χ3n) is 4.24. The summed E-state index contributed by atoms with van der Waals surface area (Å²) < 4.78 is 5.10. The molecule has 0 saturated carbocycles. The number of anilines is 3. The number of amides is 2. The van der Waals surface area contributed by atoms with Crippen LogP contribution in [0.15, 0.2) is 48.5 Å². The average Bonchev–Trinajstić information content (AvgIpc) is 2.63. The van der Waals surface area contributed by atoms with Crippen molar-refractivity contribution < 1.29 is 14.3 Å². The number of rotatable bonds is 5. The maximum atomic E-state index is 12.4. The molecule has 0 bridgehead atoms. The van der Waals surface area contributed by atoms with Crippen molar-refractivity contribution in [3.8, 4) is 5.75 Å². The lowest BCUT2D eigenvalue weighted by Gasteiger charge is -2.37. The zero-order chi connectivity index (χ0) is 17.8. The van der Waals surface area contributed by atoms with E-state index in [9.17, 15) is 9.59 Å². The van der Waals surface area contributed by atoms with Crippen molar-refractivity contribution in [1.82, 2.24) is 0 Å². The van der Waals surface area contributed by atoms with Crippen LogP contribution in [0.4, 0.5) is 17.1 Å². The topological polar surface area (TPSA) is 70.7 Å². The molecule has 1 aliphatic rings. The van der Waals surface area contributed by atoms with Crippen LogP contribution in [0.5, 0.6) is 5.75 Å². The van der Waals surface area contributed by atoms with E-state index in [1.165, 1.54) is 0 Å². The van der Waals surface area contributed by atoms with Crippen LogP contribution in [-0.2, 0) is 9.59 Å². The summed E-state index contributed by atoms with van der Waals surface area (Å²) in [5.74, 6) is 0.354. The van der Waals surface area contributed by atoms with Gasteiger partial charge in [0, 0.05) is 12.2 Å². The highest BCUT2D eigenvalue weighted by Gasteiger charge is 2.33. The first-order chi connectivity index (χ1) is 12.1. The summed E-state index contributed by atoms with van der Waals surface area (Å²) in [6.45, 7) is 2.62. The van der Waals surface area contributed by atoms with E-state index in [-0.39, 0.29) is 18.2 Å². The molecule has 6 nitrogen and oxygen atoms in total. The highest BCUT2D eigenvalue weighted by Crippen LogP contribution is 2.32. The van der Waals surface area contributed by atoms with Crippen LogP contribution in [0.2, 0.25) is 0 Å². The van der Waals surface area contributed by atoms with E-state index in [1.807, 2.05) is 36.1 Å². The highest BCUT2D eigenvalue weighted by atomic mass is 16.5. The van der Waals surface area contributed by atoms with Gasteiger partial charge >= 0.3 is 0 Å². The second kappa shape index (κ2) is 7.25. The molecule has 6 heteroatoms. The van der Waals surface area contributed by atoms with Gasteiger partial charge in [0.1, 0.15) is 11.8 Å². The van der Waals surface area contributed by atoms with E-state index >= 15 is 0 Å². The first-order valence-electron chi connectivity index (χ1n) is 8.22. The van der Waals surface area contributed by atoms with Gasteiger partial charge in [-0.2, -0.15) is 0 Å². The minimum absolute atomic E-state index is 0.0834. The van der Waals surface area contributed by atoms with Gasteiger partial charge in [-0.05, 0) is 43.3 Å². The number of nitrogens with zero attached hydrogens (tertiary/aromatic N) is 1. The quantitative estimate of drug-likeness (QED) is 0.879. The van der Waals surface area contributed by atoms with Gasteiger partial charge in [-0.3, -0.25) is 9.59 Å². The minimum atomic E-state index is -0.529. The molecule has 0 radical (unpaired) electrons. The fourth-order valence-electron chi connectivity index (χ4n) is 3.01. The molecule has 25 heavy (non-hydrogen) atoms. The first kappa shape index (κ1) is 16.8. The maximum Gasteiger partial charge on any atom is 0.247 e. The molecule has 0 aromatic heterocycles. The Bertz CT molecular complexity index is 774. The normalized spacial score (nSPS) is 16.0. The Balaban J connectivity index is 1.72. The number of likely N-dealkylation sites (N-methyl/N-ethyl adjacent to an activating group) is 1. The predicted molar refractivity (Wildman–Crippen MR) is 98.1 cm³/mol. The van der Waals surface area contributed by atoms with Crippen LogP contribution in [0.25, 0.3) is 0 Å². The molecule has 0 saturated heterocycles. The standard InChI is InChI=1S/C19H21N3O3/c1-3-22-16-7-5-4-6-15(16)21-19(24)17(22)12-18(23)20-13-8-10-14(25-2)11-9-13/h4-11,17H,3,12H2,1-2H3,(H,20,23)(H,21,24). The molecule has 1 heterocycles. The Hall–Kier alpha value is -3.02. The summed E-state index contributed by atoms with van der Waals surface area (Å²) in [7, 11) is 1.59. The van der Waals surface area contributed by atoms with E-state index in [4.69, 9.17) is 4.74 Å². The van der Waals surface area contributed by atoms with Crippen molar-refractivity contribution in [3.63, 3.8) is 0 Å². The number of ether oxygens (including phenoxy) is 1. The van der Waals surface area contributed by atoms with Crippen molar-refractivity contribution in [3.05, 3.63) is 48.5 Å². The van der Waals surface area contributed by atoms with Gasteiger partial charge in [0.2, 0.25) is 11.8 Å². The van der Waals surface area contributed by atoms with Crippen LogP contribution >= 0.6 is 0 Å². The van der Waals surface area contributed by atoms with E-state index in [1.54, 1.807) is 31.4 Å². The molecule has 0 fully saturated rings. The fraction of sp³-hybridized carbons (Fsp3) is 0.263. The van der Waals surface area contributed by atoms with Gasteiger partial charge in [-0.1, -0.05) is 12.1 Å². The van der Waals surface area contributed by atoms with Crippen LogP contribution in [0, 0.1) is 0 Å². The number of hydrogen-bond donors (Lipinski definition) is 2. The third-order valence-corrected chi connectivity index (χ3v) is 4.24. The zero-order valence-electron chi connectivity index (χ0n) is 14.3. The molecule has 1 unspecified atom stereocenters. The van der Waals surface area contributed by atoms with Gasteiger partial charge in [0.15, 0.2) is 0 Å². The molecule has 1 atom stereocenters. The van der Waals surface area contributed by atoms with Crippen LogP contribution in [-0.4, -0.2) is 31.5 Å². The average molecular weight is 339 g/mol. The highest BCUT2D eigenvalue weighted by molar-refractivity contribution is 6.06. The van der Waals surface area contributed by atoms with Crippen LogP contribution in [0.3, 0.4) is 0 Å². The summed E-state index contributed by atoms with van der Waals surface area (Å²) >= 11 is 0. The Kier molecular flexibility index (Phi) is 4.88. The number of carbonyl (C=O) groups excluding carboxylic acids is 2. The number of hydrogen-bond acceptors (Lipinski definition) is 4. The van der Waals surface area contributed by atoms with E-state index < -0.39 is 6.04 Å².